The van der Waals surface area contributed by atoms with Gasteiger partial charge in [-0.05, 0) is 62.2 Å². The number of amides is 1. The normalized spacial score (nSPS) is 13.4. The molecular weight excluding hydrogens is 404 g/mol. The number of aromatic nitrogens is 2. The fourth-order valence-electron chi connectivity index (χ4n) is 4.02. The third-order valence-corrected chi connectivity index (χ3v) is 5.94. The molecule has 0 fully saturated rings. The van der Waals surface area contributed by atoms with Crippen molar-refractivity contribution in [2.45, 2.75) is 39.8 Å². The van der Waals surface area contributed by atoms with Gasteiger partial charge in [-0.1, -0.05) is 19.9 Å². The number of aromatic hydroxyl groups is 1. The van der Waals surface area contributed by atoms with Crippen molar-refractivity contribution < 1.29 is 14.6 Å². The lowest BCUT2D eigenvalue weighted by atomic mass is 10.0. The van der Waals surface area contributed by atoms with Crippen LogP contribution >= 0.6 is 0 Å². The van der Waals surface area contributed by atoms with Crippen molar-refractivity contribution in [3.8, 4) is 11.5 Å². The first-order valence-corrected chi connectivity index (χ1v) is 11.2. The highest BCUT2D eigenvalue weighted by atomic mass is 16.5. The van der Waals surface area contributed by atoms with Crippen LogP contribution in [0.5, 0.6) is 11.5 Å². The van der Waals surface area contributed by atoms with E-state index in [-0.39, 0.29) is 11.7 Å². The van der Waals surface area contributed by atoms with E-state index in [1.807, 2.05) is 32.3 Å². The van der Waals surface area contributed by atoms with Crippen LogP contribution in [-0.4, -0.2) is 58.3 Å². The van der Waals surface area contributed by atoms with Crippen LogP contribution in [-0.2, 0) is 19.5 Å². The monoisotopic (exact) mass is 436 g/mol. The van der Waals surface area contributed by atoms with Gasteiger partial charge in [0.1, 0.15) is 18.1 Å². The number of ether oxygens (including phenoxy) is 1. The van der Waals surface area contributed by atoms with Crippen molar-refractivity contribution in [2.24, 2.45) is 5.92 Å². The average molecular weight is 437 g/mol. The lowest BCUT2D eigenvalue weighted by molar-refractivity contribution is 0.0748. The molecule has 0 atom stereocenters. The molecule has 0 saturated carbocycles. The Labute approximate surface area is 189 Å². The minimum Gasteiger partial charge on any atom is -0.507 e. The SMILES string of the molecule is CC(C)CCc1n[nH]c2cc(O)c(C(=O)N3Cc4ccc(OCCN(C)C)cc4C3)cc12. The molecule has 1 aliphatic rings. The molecule has 1 aliphatic heterocycles. The predicted molar refractivity (Wildman–Crippen MR) is 125 cm³/mol. The van der Waals surface area contributed by atoms with Crippen LogP contribution < -0.4 is 4.74 Å². The minimum absolute atomic E-state index is 0.0229. The molecule has 4 rings (SSSR count). The maximum Gasteiger partial charge on any atom is 0.258 e. The Morgan fingerprint density at radius 2 is 2.00 bits per heavy atom. The number of hydrogen-bond acceptors (Lipinski definition) is 5. The Bertz CT molecular complexity index is 1120. The summed E-state index contributed by atoms with van der Waals surface area (Å²) in [7, 11) is 4.03. The van der Waals surface area contributed by atoms with Crippen molar-refractivity contribution in [3.63, 3.8) is 0 Å². The van der Waals surface area contributed by atoms with Gasteiger partial charge in [-0.2, -0.15) is 5.10 Å². The number of aromatic amines is 1. The highest BCUT2D eigenvalue weighted by molar-refractivity contribution is 6.01. The van der Waals surface area contributed by atoms with Gasteiger partial charge in [-0.15, -0.1) is 0 Å². The largest absolute Gasteiger partial charge is 0.507 e. The molecule has 2 N–H and O–H groups in total. The molecule has 1 aromatic heterocycles. The zero-order valence-electron chi connectivity index (χ0n) is 19.3. The second-order valence-electron chi connectivity index (χ2n) is 9.26. The zero-order valence-corrected chi connectivity index (χ0v) is 19.3. The highest BCUT2D eigenvalue weighted by Crippen LogP contribution is 2.32. The summed E-state index contributed by atoms with van der Waals surface area (Å²) in [6, 6.07) is 9.38. The number of fused-ring (bicyclic) bond motifs is 2. The van der Waals surface area contributed by atoms with E-state index in [1.165, 1.54) is 0 Å². The third kappa shape index (κ3) is 4.72. The van der Waals surface area contributed by atoms with Gasteiger partial charge in [0.05, 0.1) is 16.8 Å². The summed E-state index contributed by atoms with van der Waals surface area (Å²) >= 11 is 0. The summed E-state index contributed by atoms with van der Waals surface area (Å²) in [4.78, 5) is 17.2. The highest BCUT2D eigenvalue weighted by Gasteiger charge is 2.27. The molecule has 7 heteroatoms. The van der Waals surface area contributed by atoms with E-state index < -0.39 is 0 Å². The molecule has 0 unspecified atom stereocenters. The van der Waals surface area contributed by atoms with Crippen LogP contribution in [0.2, 0.25) is 0 Å². The zero-order chi connectivity index (χ0) is 22.8. The molecule has 2 aromatic carbocycles. The topological polar surface area (TPSA) is 81.7 Å². The van der Waals surface area contributed by atoms with E-state index in [9.17, 15) is 9.90 Å². The molecule has 0 aliphatic carbocycles. The van der Waals surface area contributed by atoms with Crippen LogP contribution in [0, 0.1) is 5.92 Å². The summed E-state index contributed by atoms with van der Waals surface area (Å²) in [5, 5.41) is 18.8. The number of nitrogens with zero attached hydrogens (tertiary/aromatic N) is 3. The number of nitrogens with one attached hydrogen (secondary N) is 1. The number of H-pyrrole nitrogens is 1. The fourth-order valence-corrected chi connectivity index (χ4v) is 4.02. The van der Waals surface area contributed by atoms with Crippen LogP contribution in [0.4, 0.5) is 0 Å². The number of hydrogen-bond donors (Lipinski definition) is 2. The Hall–Kier alpha value is -3.06. The predicted octanol–water partition coefficient (Wildman–Crippen LogP) is 3.95. The molecule has 2 heterocycles. The third-order valence-electron chi connectivity index (χ3n) is 5.94. The summed E-state index contributed by atoms with van der Waals surface area (Å²) < 4.78 is 5.84. The van der Waals surface area contributed by atoms with E-state index in [0.717, 1.165) is 52.9 Å². The first kappa shape index (κ1) is 22.1. The van der Waals surface area contributed by atoms with Gasteiger partial charge in [0.2, 0.25) is 0 Å². The molecule has 0 bridgehead atoms. The van der Waals surface area contributed by atoms with Crippen molar-refractivity contribution in [1.29, 1.82) is 0 Å². The van der Waals surface area contributed by atoms with Gasteiger partial charge in [-0.3, -0.25) is 9.89 Å². The molecule has 32 heavy (non-hydrogen) atoms. The summed E-state index contributed by atoms with van der Waals surface area (Å²) in [5.74, 6) is 1.19. The number of carbonyl (C=O) groups excluding carboxylic acids is 1. The van der Waals surface area contributed by atoms with Crippen LogP contribution in [0.15, 0.2) is 30.3 Å². The molecule has 170 valence electrons. The van der Waals surface area contributed by atoms with E-state index in [4.69, 9.17) is 4.74 Å². The number of rotatable bonds is 8. The molecule has 1 amide bonds. The van der Waals surface area contributed by atoms with Crippen molar-refractivity contribution in [1.82, 2.24) is 20.0 Å². The van der Waals surface area contributed by atoms with Crippen LogP contribution in [0.1, 0.15) is 47.4 Å². The molecule has 7 nitrogen and oxygen atoms in total. The number of carbonyl (C=O) groups is 1. The van der Waals surface area contributed by atoms with Crippen molar-refractivity contribution in [3.05, 3.63) is 52.7 Å². The molecule has 0 spiro atoms. The maximum absolute atomic E-state index is 13.3. The smallest absolute Gasteiger partial charge is 0.258 e. The number of phenolic OH excluding ortho intramolecular Hbond substituents is 1. The first-order chi connectivity index (χ1) is 15.3. The average Bonchev–Trinajstić information content (AvgIpc) is 3.34. The van der Waals surface area contributed by atoms with Gasteiger partial charge < -0.3 is 19.6 Å². The molecule has 0 radical (unpaired) electrons. The maximum atomic E-state index is 13.3. The van der Waals surface area contributed by atoms with Crippen LogP contribution in [0.3, 0.4) is 0 Å². The number of benzene rings is 2. The number of likely N-dealkylation sites (N-methyl/N-ethyl adjacent to an activating group) is 1. The van der Waals surface area contributed by atoms with E-state index in [0.29, 0.717) is 31.2 Å². The van der Waals surface area contributed by atoms with Crippen molar-refractivity contribution >= 4 is 16.8 Å². The Kier molecular flexibility index (Phi) is 6.37. The van der Waals surface area contributed by atoms with Gasteiger partial charge >= 0.3 is 0 Å². The fraction of sp³-hybridized carbons (Fsp3) is 0.440. The molecule has 0 saturated heterocycles. The standard InChI is InChI=1S/C25H32N4O3/c1-16(2)5-8-22-20-12-21(24(30)13-23(20)27-26-22)25(31)29-14-17-6-7-19(11-18(17)15-29)32-10-9-28(3)4/h6-7,11-13,16,30H,5,8-10,14-15H2,1-4H3,(H,26,27). The first-order valence-electron chi connectivity index (χ1n) is 11.2. The van der Waals surface area contributed by atoms with Crippen LogP contribution in [0.25, 0.3) is 10.9 Å². The van der Waals surface area contributed by atoms with Crippen molar-refractivity contribution in [2.75, 3.05) is 27.2 Å². The van der Waals surface area contributed by atoms with Gasteiger partial charge in [0, 0.05) is 31.1 Å². The summed E-state index contributed by atoms with van der Waals surface area (Å²) in [5.41, 5.74) is 4.20. The van der Waals surface area contributed by atoms with Gasteiger partial charge in [0.25, 0.3) is 5.91 Å². The quantitative estimate of drug-likeness (QED) is 0.559. The summed E-state index contributed by atoms with van der Waals surface area (Å²) in [6.45, 7) is 6.85. The Balaban J connectivity index is 1.51. The molecular formula is C25H32N4O3. The molecule has 3 aromatic rings. The van der Waals surface area contributed by atoms with Gasteiger partial charge in [0.15, 0.2) is 0 Å². The number of aryl methyl sites for hydroxylation is 1. The second-order valence-corrected chi connectivity index (χ2v) is 9.26. The second kappa shape index (κ2) is 9.20. The number of phenols is 1. The van der Waals surface area contributed by atoms with Gasteiger partial charge in [-0.25, -0.2) is 0 Å². The lowest BCUT2D eigenvalue weighted by Crippen LogP contribution is -2.25. The van der Waals surface area contributed by atoms with E-state index in [2.05, 4.69) is 28.9 Å². The minimum atomic E-state index is -0.174. The Morgan fingerprint density at radius 1 is 1.22 bits per heavy atom. The van der Waals surface area contributed by atoms with E-state index in [1.54, 1.807) is 17.0 Å². The lowest BCUT2D eigenvalue weighted by Gasteiger charge is -2.16. The van der Waals surface area contributed by atoms with E-state index >= 15 is 0 Å². The Morgan fingerprint density at radius 3 is 2.75 bits per heavy atom. The summed E-state index contributed by atoms with van der Waals surface area (Å²) in [6.07, 6.45) is 1.85.